The number of nitrogens with one attached hydrogen (secondary N) is 1. The molecule has 0 aromatic carbocycles. The Labute approximate surface area is 124 Å². The molecular formula is C14H23N3S2. The molecule has 0 saturated carbocycles. The van der Waals surface area contributed by atoms with Crippen molar-refractivity contribution in [1.82, 2.24) is 10.3 Å². The maximum absolute atomic E-state index is 4.87. The van der Waals surface area contributed by atoms with Gasteiger partial charge in [-0.1, -0.05) is 32.5 Å². The molecule has 0 bridgehead atoms. The lowest BCUT2D eigenvalue weighted by Crippen LogP contribution is -2.34. The van der Waals surface area contributed by atoms with E-state index in [0.717, 1.165) is 21.6 Å². The van der Waals surface area contributed by atoms with Crippen LogP contribution in [0, 0.1) is 12.3 Å². The number of aliphatic imine (C=N–C) groups is 1. The fourth-order valence-electron chi connectivity index (χ4n) is 2.03. The van der Waals surface area contributed by atoms with E-state index in [1.165, 1.54) is 6.42 Å². The van der Waals surface area contributed by atoms with Gasteiger partial charge in [0.15, 0.2) is 5.17 Å². The number of amidine groups is 1. The quantitative estimate of drug-likeness (QED) is 0.896. The normalized spacial score (nSPS) is 21.9. The third-order valence-corrected chi connectivity index (χ3v) is 5.33. The monoisotopic (exact) mass is 297 g/mol. The molecule has 1 aromatic heterocycles. The topological polar surface area (TPSA) is 37.3 Å². The summed E-state index contributed by atoms with van der Waals surface area (Å²) in [6, 6.07) is 0.658. The molecule has 0 spiro atoms. The van der Waals surface area contributed by atoms with Crippen molar-refractivity contribution in [3.63, 3.8) is 0 Å². The average Bonchev–Trinajstić information content (AvgIpc) is 2.75. The number of aryl methyl sites for hydroxylation is 1. The second-order valence-electron chi connectivity index (χ2n) is 6.15. The van der Waals surface area contributed by atoms with Crippen LogP contribution in [0.2, 0.25) is 0 Å². The number of nitrogens with zero attached hydrogens (tertiary/aromatic N) is 2. The van der Waals surface area contributed by atoms with Gasteiger partial charge in [0.1, 0.15) is 5.01 Å². The Kier molecular flexibility index (Phi) is 4.56. The molecule has 0 aliphatic carbocycles. The summed E-state index contributed by atoms with van der Waals surface area (Å²) in [5, 5.41) is 7.82. The number of thioether (sulfide) groups is 1. The van der Waals surface area contributed by atoms with Gasteiger partial charge in [-0.05, 0) is 25.7 Å². The van der Waals surface area contributed by atoms with Gasteiger partial charge in [-0.2, -0.15) is 0 Å². The first-order chi connectivity index (χ1) is 8.86. The van der Waals surface area contributed by atoms with E-state index in [4.69, 9.17) is 4.99 Å². The van der Waals surface area contributed by atoms with Crippen molar-refractivity contribution in [2.24, 2.45) is 10.4 Å². The first-order valence-electron chi connectivity index (χ1n) is 6.75. The summed E-state index contributed by atoms with van der Waals surface area (Å²) in [6.07, 6.45) is 1.17. The van der Waals surface area contributed by atoms with Crippen LogP contribution in [0.15, 0.2) is 10.4 Å². The molecule has 1 aromatic rings. The minimum Gasteiger partial charge on any atom is -0.356 e. The SMILES string of the molecule is Cc1csc(C(C)NC2=NC(C(C)(C)C)CCS2)n1. The Hall–Kier alpha value is -0.550. The molecule has 2 rings (SSSR count). The molecule has 106 valence electrons. The largest absolute Gasteiger partial charge is 0.356 e. The van der Waals surface area contributed by atoms with E-state index in [9.17, 15) is 0 Å². The lowest BCUT2D eigenvalue weighted by atomic mass is 9.85. The fraction of sp³-hybridized carbons (Fsp3) is 0.714. The van der Waals surface area contributed by atoms with E-state index < -0.39 is 0 Å². The van der Waals surface area contributed by atoms with E-state index >= 15 is 0 Å². The van der Waals surface area contributed by atoms with Crippen LogP contribution in [0.5, 0.6) is 0 Å². The molecule has 1 aliphatic heterocycles. The molecule has 3 nitrogen and oxygen atoms in total. The first kappa shape index (κ1) is 14.9. The zero-order chi connectivity index (χ0) is 14.0. The van der Waals surface area contributed by atoms with Gasteiger partial charge in [-0.15, -0.1) is 11.3 Å². The van der Waals surface area contributed by atoms with Crippen molar-refractivity contribution in [2.75, 3.05) is 5.75 Å². The molecular weight excluding hydrogens is 274 g/mol. The Balaban J connectivity index is 2.04. The van der Waals surface area contributed by atoms with Crippen molar-refractivity contribution in [1.29, 1.82) is 0 Å². The average molecular weight is 297 g/mol. The molecule has 0 radical (unpaired) electrons. The van der Waals surface area contributed by atoms with Crippen molar-refractivity contribution >= 4 is 28.3 Å². The molecule has 1 N–H and O–H groups in total. The van der Waals surface area contributed by atoms with Gasteiger partial charge >= 0.3 is 0 Å². The van der Waals surface area contributed by atoms with Gasteiger partial charge in [-0.25, -0.2) is 4.98 Å². The molecule has 19 heavy (non-hydrogen) atoms. The zero-order valence-corrected chi connectivity index (χ0v) is 14.0. The van der Waals surface area contributed by atoms with Crippen LogP contribution in [-0.2, 0) is 0 Å². The lowest BCUT2D eigenvalue weighted by Gasteiger charge is -2.31. The minimum absolute atomic E-state index is 0.240. The van der Waals surface area contributed by atoms with Crippen molar-refractivity contribution in [3.05, 3.63) is 16.1 Å². The molecule has 5 heteroatoms. The van der Waals surface area contributed by atoms with Crippen molar-refractivity contribution in [2.45, 2.75) is 53.1 Å². The minimum atomic E-state index is 0.240. The molecule has 0 fully saturated rings. The summed E-state index contributed by atoms with van der Waals surface area (Å²) in [5.41, 5.74) is 1.34. The zero-order valence-electron chi connectivity index (χ0n) is 12.4. The maximum atomic E-state index is 4.87. The van der Waals surface area contributed by atoms with Crippen LogP contribution in [0.25, 0.3) is 0 Å². The summed E-state index contributed by atoms with van der Waals surface area (Å²) >= 11 is 3.54. The highest BCUT2D eigenvalue weighted by Crippen LogP contribution is 2.31. The van der Waals surface area contributed by atoms with E-state index in [1.54, 1.807) is 11.3 Å². The number of thiazole rings is 1. The second-order valence-corrected chi connectivity index (χ2v) is 8.12. The standard InChI is InChI=1S/C14H23N3S2/c1-9-8-19-12(15-9)10(2)16-13-17-11(6-7-18-13)14(3,4)5/h8,10-11H,6-7H2,1-5H3,(H,16,17). The van der Waals surface area contributed by atoms with Crippen molar-refractivity contribution < 1.29 is 0 Å². The van der Waals surface area contributed by atoms with E-state index in [1.807, 2.05) is 18.7 Å². The third kappa shape index (κ3) is 3.96. The van der Waals surface area contributed by atoms with Crippen molar-refractivity contribution in [3.8, 4) is 0 Å². The van der Waals surface area contributed by atoms with Gasteiger partial charge in [0.2, 0.25) is 0 Å². The highest BCUT2D eigenvalue weighted by atomic mass is 32.2. The number of hydrogen-bond acceptors (Lipinski definition) is 5. The molecule has 0 saturated heterocycles. The van der Waals surface area contributed by atoms with Crippen LogP contribution < -0.4 is 5.32 Å². The summed E-state index contributed by atoms with van der Waals surface area (Å²) in [7, 11) is 0. The lowest BCUT2D eigenvalue weighted by molar-refractivity contribution is 0.315. The molecule has 2 heterocycles. The Bertz CT molecular complexity index is 460. The van der Waals surface area contributed by atoms with Crippen LogP contribution in [0.1, 0.15) is 50.9 Å². The number of aromatic nitrogens is 1. The predicted molar refractivity (Wildman–Crippen MR) is 86.2 cm³/mol. The molecule has 2 unspecified atom stereocenters. The summed E-state index contributed by atoms with van der Waals surface area (Å²) in [5.74, 6) is 1.15. The summed E-state index contributed by atoms with van der Waals surface area (Å²) in [4.78, 5) is 9.41. The van der Waals surface area contributed by atoms with Gasteiger partial charge < -0.3 is 5.32 Å². The van der Waals surface area contributed by atoms with Gasteiger partial charge in [0, 0.05) is 16.8 Å². The van der Waals surface area contributed by atoms with E-state index in [2.05, 4.69) is 43.4 Å². The summed E-state index contributed by atoms with van der Waals surface area (Å²) < 4.78 is 0. The Morgan fingerprint density at radius 1 is 1.42 bits per heavy atom. The van der Waals surface area contributed by atoms with Crippen LogP contribution in [0.4, 0.5) is 0 Å². The van der Waals surface area contributed by atoms with Crippen LogP contribution in [-0.4, -0.2) is 21.9 Å². The Morgan fingerprint density at radius 3 is 2.74 bits per heavy atom. The highest BCUT2D eigenvalue weighted by molar-refractivity contribution is 8.13. The predicted octanol–water partition coefficient (Wildman–Crippen LogP) is 4.01. The van der Waals surface area contributed by atoms with Gasteiger partial charge in [0.05, 0.1) is 12.1 Å². The Morgan fingerprint density at radius 2 is 2.16 bits per heavy atom. The van der Waals surface area contributed by atoms with Crippen LogP contribution >= 0.6 is 23.1 Å². The van der Waals surface area contributed by atoms with Gasteiger partial charge in [-0.3, -0.25) is 4.99 Å². The van der Waals surface area contributed by atoms with Crippen LogP contribution in [0.3, 0.4) is 0 Å². The fourth-order valence-corrected chi connectivity index (χ4v) is 3.83. The second kappa shape index (κ2) is 5.83. The molecule has 1 aliphatic rings. The van der Waals surface area contributed by atoms with E-state index in [-0.39, 0.29) is 11.5 Å². The van der Waals surface area contributed by atoms with Gasteiger partial charge in [0.25, 0.3) is 0 Å². The number of hydrogen-bond donors (Lipinski definition) is 1. The van der Waals surface area contributed by atoms with E-state index in [0.29, 0.717) is 6.04 Å². The first-order valence-corrected chi connectivity index (χ1v) is 8.62. The smallest absolute Gasteiger partial charge is 0.157 e. The summed E-state index contributed by atoms with van der Waals surface area (Å²) in [6.45, 7) is 11.0. The molecule has 2 atom stereocenters. The highest BCUT2D eigenvalue weighted by Gasteiger charge is 2.27. The molecule has 0 amide bonds. The maximum Gasteiger partial charge on any atom is 0.157 e. The number of rotatable bonds is 2. The third-order valence-electron chi connectivity index (χ3n) is 3.25.